The highest BCUT2D eigenvalue weighted by Crippen LogP contribution is 2.49. The van der Waals surface area contributed by atoms with Crippen molar-refractivity contribution in [3.63, 3.8) is 0 Å². The molecule has 2 heterocycles. The molecule has 0 aliphatic heterocycles. The lowest BCUT2D eigenvalue weighted by molar-refractivity contribution is 0.645. The normalized spacial score (nSPS) is 14.8. The third kappa shape index (κ3) is 1.60. The Kier molecular flexibility index (Phi) is 2.52. The molecule has 2 aromatic carbocycles. The largest absolute Gasteiger partial charge is 0.264 e. The molecule has 0 N–H and O–H groups in total. The molecular weight excluding hydrogens is 292 g/mol. The lowest BCUT2D eigenvalue weighted by Crippen LogP contribution is -2.25. The topological polar surface area (TPSA) is 25.8 Å². The molecule has 4 aromatic rings. The molecule has 24 heavy (non-hydrogen) atoms. The fourth-order valence-electron chi connectivity index (χ4n) is 4.22. The van der Waals surface area contributed by atoms with E-state index in [2.05, 4.69) is 62.2 Å². The first-order valence-corrected chi connectivity index (χ1v) is 8.35. The second-order valence-corrected chi connectivity index (χ2v) is 7.29. The summed E-state index contributed by atoms with van der Waals surface area (Å²) >= 11 is 0. The molecule has 2 nitrogen and oxygen atoms in total. The summed E-state index contributed by atoms with van der Waals surface area (Å²) in [5, 5.41) is 4.99. The molecule has 0 radical (unpaired) electrons. The Morgan fingerprint density at radius 2 is 1.79 bits per heavy atom. The number of rotatable bonds is 0. The van der Waals surface area contributed by atoms with Crippen molar-refractivity contribution in [3.05, 3.63) is 71.7 Å². The number of aryl methyl sites for hydroxylation is 1. The lowest BCUT2D eigenvalue weighted by atomic mass is 9.69. The average molecular weight is 310 g/mol. The molecule has 2 aromatic heterocycles. The zero-order valence-electron chi connectivity index (χ0n) is 14.1. The number of hydrogen-bond donors (Lipinski definition) is 0. The maximum Gasteiger partial charge on any atom is 0.0755 e. The summed E-state index contributed by atoms with van der Waals surface area (Å²) in [5.74, 6) is 0. The molecule has 0 amide bonds. The Balaban J connectivity index is 2.03. The third-order valence-electron chi connectivity index (χ3n) is 5.38. The van der Waals surface area contributed by atoms with Gasteiger partial charge in [0.05, 0.1) is 5.69 Å². The highest BCUT2D eigenvalue weighted by atomic mass is 14.7. The SMILES string of the molecule is Cc1ccc2c3c(ncc2c1)-c1cccc2cncc(c12)C3(C)C. The summed E-state index contributed by atoms with van der Waals surface area (Å²) in [6.07, 6.45) is 6.00. The summed E-state index contributed by atoms with van der Waals surface area (Å²) in [4.78, 5) is 9.39. The first kappa shape index (κ1) is 13.7. The summed E-state index contributed by atoms with van der Waals surface area (Å²) < 4.78 is 0. The van der Waals surface area contributed by atoms with Gasteiger partial charge in [-0.25, -0.2) is 0 Å². The van der Waals surface area contributed by atoms with Gasteiger partial charge in [-0.05, 0) is 34.9 Å². The minimum atomic E-state index is -0.127. The lowest BCUT2D eigenvalue weighted by Gasteiger charge is -2.35. The molecule has 5 rings (SSSR count). The second kappa shape index (κ2) is 4.41. The van der Waals surface area contributed by atoms with Crippen LogP contribution in [0, 0.1) is 6.92 Å². The minimum absolute atomic E-state index is 0.127. The molecule has 2 heteroatoms. The van der Waals surface area contributed by atoms with Crippen LogP contribution >= 0.6 is 0 Å². The van der Waals surface area contributed by atoms with E-state index in [0.29, 0.717) is 0 Å². The third-order valence-corrected chi connectivity index (χ3v) is 5.38. The van der Waals surface area contributed by atoms with Gasteiger partial charge in [0.25, 0.3) is 0 Å². The van der Waals surface area contributed by atoms with E-state index in [1.807, 2.05) is 18.6 Å². The van der Waals surface area contributed by atoms with Crippen molar-refractivity contribution >= 4 is 21.5 Å². The molecule has 0 bridgehead atoms. The van der Waals surface area contributed by atoms with Gasteiger partial charge in [-0.1, -0.05) is 49.7 Å². The van der Waals surface area contributed by atoms with Crippen LogP contribution < -0.4 is 0 Å². The Morgan fingerprint density at radius 1 is 0.917 bits per heavy atom. The first-order valence-electron chi connectivity index (χ1n) is 8.35. The predicted octanol–water partition coefficient (Wildman–Crippen LogP) is 5.40. The van der Waals surface area contributed by atoms with Crippen LogP contribution in [0.4, 0.5) is 0 Å². The zero-order chi connectivity index (χ0) is 16.5. The Bertz CT molecular complexity index is 1130. The standard InChI is InChI=1S/C22H18N2/c1-13-7-8-16-15(9-13)11-24-21-17-6-4-5-14-10-23-12-18(19(14)17)22(2,3)20(16)21/h4-12H,1-3H3. The molecule has 0 atom stereocenters. The van der Waals surface area contributed by atoms with E-state index in [-0.39, 0.29) is 5.41 Å². The highest BCUT2D eigenvalue weighted by molar-refractivity contribution is 6.05. The van der Waals surface area contributed by atoms with Crippen LogP contribution in [-0.2, 0) is 5.41 Å². The zero-order valence-corrected chi connectivity index (χ0v) is 14.1. The van der Waals surface area contributed by atoms with Crippen LogP contribution in [-0.4, -0.2) is 9.97 Å². The molecular formula is C22H18N2. The highest BCUT2D eigenvalue weighted by Gasteiger charge is 2.35. The molecule has 0 saturated carbocycles. The molecule has 0 saturated heterocycles. The van der Waals surface area contributed by atoms with Gasteiger partial charge in [-0.2, -0.15) is 0 Å². The predicted molar refractivity (Wildman–Crippen MR) is 99.3 cm³/mol. The van der Waals surface area contributed by atoms with Crippen LogP contribution in [0.25, 0.3) is 32.8 Å². The van der Waals surface area contributed by atoms with Crippen molar-refractivity contribution in [1.29, 1.82) is 0 Å². The van der Waals surface area contributed by atoms with E-state index in [4.69, 9.17) is 4.98 Å². The number of nitrogens with zero attached hydrogens (tertiary/aromatic N) is 2. The van der Waals surface area contributed by atoms with E-state index in [1.165, 1.54) is 43.8 Å². The second-order valence-electron chi connectivity index (χ2n) is 7.29. The average Bonchev–Trinajstić information content (AvgIpc) is 2.58. The van der Waals surface area contributed by atoms with Crippen LogP contribution in [0.3, 0.4) is 0 Å². The number of hydrogen-bond acceptors (Lipinski definition) is 2. The molecule has 1 aliphatic carbocycles. The van der Waals surface area contributed by atoms with Gasteiger partial charge in [0.1, 0.15) is 0 Å². The number of benzene rings is 2. The minimum Gasteiger partial charge on any atom is -0.264 e. The maximum absolute atomic E-state index is 4.89. The summed E-state index contributed by atoms with van der Waals surface area (Å²) in [7, 11) is 0. The Labute approximate surface area is 141 Å². The van der Waals surface area contributed by atoms with Crippen LogP contribution in [0.5, 0.6) is 0 Å². The summed E-state index contributed by atoms with van der Waals surface area (Å²) in [6, 6.07) is 13.1. The molecule has 116 valence electrons. The van der Waals surface area contributed by atoms with Crippen molar-refractivity contribution in [1.82, 2.24) is 9.97 Å². The fraction of sp³-hybridized carbons (Fsp3) is 0.182. The van der Waals surface area contributed by atoms with Crippen LogP contribution in [0.2, 0.25) is 0 Å². The Hall–Kier alpha value is -2.74. The van der Waals surface area contributed by atoms with E-state index < -0.39 is 0 Å². The van der Waals surface area contributed by atoms with Crippen LogP contribution in [0.15, 0.2) is 55.0 Å². The summed E-state index contributed by atoms with van der Waals surface area (Å²) in [6.45, 7) is 6.71. The van der Waals surface area contributed by atoms with Crippen molar-refractivity contribution in [2.75, 3.05) is 0 Å². The molecule has 1 aliphatic rings. The first-order chi connectivity index (χ1) is 11.6. The van der Waals surface area contributed by atoms with Gasteiger partial charge in [0.15, 0.2) is 0 Å². The summed E-state index contributed by atoms with van der Waals surface area (Å²) in [5.41, 5.74) is 6.08. The van der Waals surface area contributed by atoms with Gasteiger partial charge in [-0.3, -0.25) is 9.97 Å². The quantitative estimate of drug-likeness (QED) is 0.435. The van der Waals surface area contributed by atoms with Crippen molar-refractivity contribution < 1.29 is 0 Å². The van der Waals surface area contributed by atoms with Gasteiger partial charge in [0, 0.05) is 40.3 Å². The van der Waals surface area contributed by atoms with E-state index in [0.717, 1.165) is 5.69 Å². The fourth-order valence-corrected chi connectivity index (χ4v) is 4.22. The Morgan fingerprint density at radius 3 is 2.67 bits per heavy atom. The van der Waals surface area contributed by atoms with Crippen molar-refractivity contribution in [2.45, 2.75) is 26.2 Å². The van der Waals surface area contributed by atoms with Gasteiger partial charge >= 0.3 is 0 Å². The van der Waals surface area contributed by atoms with Crippen molar-refractivity contribution in [3.8, 4) is 11.3 Å². The smallest absolute Gasteiger partial charge is 0.0755 e. The van der Waals surface area contributed by atoms with Gasteiger partial charge < -0.3 is 0 Å². The van der Waals surface area contributed by atoms with Crippen molar-refractivity contribution in [2.24, 2.45) is 0 Å². The number of pyridine rings is 2. The molecule has 0 unspecified atom stereocenters. The van der Waals surface area contributed by atoms with Crippen LogP contribution in [0.1, 0.15) is 30.5 Å². The maximum atomic E-state index is 4.89. The molecule has 0 fully saturated rings. The van der Waals surface area contributed by atoms with Gasteiger partial charge in [-0.15, -0.1) is 0 Å². The van der Waals surface area contributed by atoms with E-state index in [9.17, 15) is 0 Å². The van der Waals surface area contributed by atoms with E-state index >= 15 is 0 Å². The number of aromatic nitrogens is 2. The number of fused-ring (bicyclic) bond motifs is 4. The monoisotopic (exact) mass is 310 g/mol. The van der Waals surface area contributed by atoms with E-state index in [1.54, 1.807) is 0 Å². The van der Waals surface area contributed by atoms with Gasteiger partial charge in [0.2, 0.25) is 0 Å². The molecule has 0 spiro atoms.